The van der Waals surface area contributed by atoms with Crippen molar-refractivity contribution in [3.05, 3.63) is 47.2 Å². The summed E-state index contributed by atoms with van der Waals surface area (Å²) in [4.78, 5) is 12.1. The topological polar surface area (TPSA) is 84.4 Å². The van der Waals surface area contributed by atoms with E-state index in [1.807, 2.05) is 0 Å². The normalized spacial score (nSPS) is 11.6. The highest BCUT2D eigenvalue weighted by Crippen LogP contribution is 2.22. The molecule has 3 N–H and O–H groups in total. The van der Waals surface area contributed by atoms with Crippen LogP contribution in [0, 0.1) is 12.7 Å². The summed E-state index contributed by atoms with van der Waals surface area (Å²) in [7, 11) is 1.56. The van der Waals surface area contributed by atoms with Crippen molar-refractivity contribution in [1.82, 2.24) is 9.97 Å². The highest BCUT2D eigenvalue weighted by Gasteiger charge is 2.15. The smallest absolute Gasteiger partial charge is 0.136 e. The lowest BCUT2D eigenvalue weighted by atomic mass is 10.0. The summed E-state index contributed by atoms with van der Waals surface area (Å²) in [5, 5.41) is 9.47. The van der Waals surface area contributed by atoms with Crippen LogP contribution in [0.4, 0.5) is 10.2 Å². The van der Waals surface area contributed by atoms with Crippen molar-refractivity contribution in [3.8, 4) is 5.75 Å². The molecular weight excluding hydrogens is 247 g/mol. The van der Waals surface area contributed by atoms with Gasteiger partial charge in [0.05, 0.1) is 17.0 Å². The summed E-state index contributed by atoms with van der Waals surface area (Å²) in [6.45, 7) is 1.76. The second kappa shape index (κ2) is 5.01. The second-order valence-corrected chi connectivity index (χ2v) is 3.99. The van der Waals surface area contributed by atoms with Crippen LogP contribution in [0.1, 0.15) is 16.8 Å². The average molecular weight is 260 g/mol. The Hall–Kier alpha value is -2.50. The van der Waals surface area contributed by atoms with E-state index in [-0.39, 0.29) is 11.6 Å². The van der Waals surface area contributed by atoms with Gasteiger partial charge in [0.1, 0.15) is 23.7 Å². The van der Waals surface area contributed by atoms with Crippen LogP contribution in [0.25, 0.3) is 0 Å². The molecule has 0 saturated heterocycles. The van der Waals surface area contributed by atoms with Crippen molar-refractivity contribution < 1.29 is 9.50 Å². The molecule has 1 aromatic carbocycles. The van der Waals surface area contributed by atoms with Crippen LogP contribution in [0.3, 0.4) is 0 Å². The third-order valence-corrected chi connectivity index (χ3v) is 2.68. The number of phenols is 1. The third kappa shape index (κ3) is 2.52. The molecule has 19 heavy (non-hydrogen) atoms. The Bertz CT molecular complexity index is 615. The number of halogens is 1. The highest BCUT2D eigenvalue weighted by molar-refractivity contribution is 6.16. The maximum atomic E-state index is 13.4. The van der Waals surface area contributed by atoms with Gasteiger partial charge in [0.2, 0.25) is 0 Å². The number of aromatic hydroxyl groups is 1. The zero-order valence-electron chi connectivity index (χ0n) is 10.6. The number of phenolic OH excluding ortho intramolecular Hbond substituents is 1. The molecule has 0 amide bonds. The van der Waals surface area contributed by atoms with Crippen LogP contribution in [0.2, 0.25) is 0 Å². The Balaban J connectivity index is 2.64. The molecule has 0 spiro atoms. The minimum absolute atomic E-state index is 0.177. The van der Waals surface area contributed by atoms with Crippen molar-refractivity contribution in [2.45, 2.75) is 6.92 Å². The predicted molar refractivity (Wildman–Crippen MR) is 70.8 cm³/mol. The van der Waals surface area contributed by atoms with Gasteiger partial charge >= 0.3 is 0 Å². The molecule has 0 radical (unpaired) electrons. The Kier molecular flexibility index (Phi) is 3.41. The summed E-state index contributed by atoms with van der Waals surface area (Å²) in [5.74, 6) is -0.467. The molecule has 0 atom stereocenters. The molecule has 1 heterocycles. The van der Waals surface area contributed by atoms with E-state index in [0.717, 1.165) is 6.07 Å². The first-order valence-electron chi connectivity index (χ1n) is 5.57. The first-order chi connectivity index (χ1) is 9.02. The number of nitrogens with two attached hydrogens (primary N) is 1. The largest absolute Gasteiger partial charge is 0.508 e. The highest BCUT2D eigenvalue weighted by atomic mass is 19.1. The first kappa shape index (κ1) is 12.9. The van der Waals surface area contributed by atoms with Crippen LogP contribution in [-0.4, -0.2) is 27.8 Å². The lowest BCUT2D eigenvalue weighted by Gasteiger charge is -2.11. The lowest BCUT2D eigenvalue weighted by molar-refractivity contribution is 0.469. The van der Waals surface area contributed by atoms with Crippen molar-refractivity contribution in [1.29, 1.82) is 0 Å². The maximum absolute atomic E-state index is 13.4. The van der Waals surface area contributed by atoms with E-state index in [1.54, 1.807) is 14.0 Å². The van der Waals surface area contributed by atoms with Crippen LogP contribution >= 0.6 is 0 Å². The number of hydrogen-bond acceptors (Lipinski definition) is 5. The minimum Gasteiger partial charge on any atom is -0.508 e. The molecule has 6 heteroatoms. The number of aromatic nitrogens is 2. The molecule has 0 bridgehead atoms. The van der Waals surface area contributed by atoms with E-state index < -0.39 is 5.82 Å². The molecule has 0 aliphatic carbocycles. The van der Waals surface area contributed by atoms with Crippen molar-refractivity contribution >= 4 is 11.5 Å². The molecule has 2 aromatic rings. The summed E-state index contributed by atoms with van der Waals surface area (Å²) < 4.78 is 13.4. The molecule has 0 fully saturated rings. The average Bonchev–Trinajstić information content (AvgIpc) is 2.32. The zero-order chi connectivity index (χ0) is 14.0. The van der Waals surface area contributed by atoms with Gasteiger partial charge in [-0.15, -0.1) is 0 Å². The standard InChI is InChI=1S/C13H13FN4O/c1-7-11(13(15)18-6-17-7)12(16-2)8-3-9(14)5-10(19)4-8/h3-6,19H,1-2H3,(H2,15,17,18)/b16-12-. The number of nitrogens with zero attached hydrogens (tertiary/aromatic N) is 3. The monoisotopic (exact) mass is 260 g/mol. The quantitative estimate of drug-likeness (QED) is 0.804. The van der Waals surface area contributed by atoms with Crippen molar-refractivity contribution in [2.24, 2.45) is 4.99 Å². The van der Waals surface area contributed by atoms with Gasteiger partial charge in [-0.3, -0.25) is 4.99 Å². The Morgan fingerprint density at radius 3 is 2.63 bits per heavy atom. The number of rotatable bonds is 2. The van der Waals surface area contributed by atoms with Gasteiger partial charge in [0, 0.05) is 18.7 Å². The Labute approximate surface area is 109 Å². The van der Waals surface area contributed by atoms with Crippen LogP contribution < -0.4 is 5.73 Å². The zero-order valence-corrected chi connectivity index (χ0v) is 10.6. The Morgan fingerprint density at radius 1 is 1.32 bits per heavy atom. The molecule has 0 saturated carbocycles. The fourth-order valence-electron chi connectivity index (χ4n) is 1.88. The molecule has 2 rings (SSSR count). The van der Waals surface area contributed by atoms with Crippen molar-refractivity contribution in [2.75, 3.05) is 12.8 Å². The molecule has 0 aliphatic rings. The van der Waals surface area contributed by atoms with Gasteiger partial charge in [-0.1, -0.05) is 0 Å². The SMILES string of the molecule is C/N=C(/c1cc(O)cc(F)c1)c1c(C)ncnc1N. The fourth-order valence-corrected chi connectivity index (χ4v) is 1.88. The number of hydrogen-bond donors (Lipinski definition) is 2. The van der Waals surface area contributed by atoms with Gasteiger partial charge in [-0.2, -0.15) is 0 Å². The molecule has 98 valence electrons. The summed E-state index contributed by atoms with van der Waals surface area (Å²) in [5.41, 5.74) is 7.85. The van der Waals surface area contributed by atoms with Gasteiger partial charge in [0.25, 0.3) is 0 Å². The number of benzene rings is 1. The molecule has 1 aromatic heterocycles. The van der Waals surface area contributed by atoms with Crippen molar-refractivity contribution in [3.63, 3.8) is 0 Å². The molecular formula is C13H13FN4O. The van der Waals surface area contributed by atoms with E-state index in [4.69, 9.17) is 5.73 Å². The van der Waals surface area contributed by atoms with Gasteiger partial charge in [-0.05, 0) is 19.1 Å². The molecule has 5 nitrogen and oxygen atoms in total. The van der Waals surface area contributed by atoms with Gasteiger partial charge < -0.3 is 10.8 Å². The van der Waals surface area contributed by atoms with E-state index in [9.17, 15) is 9.50 Å². The van der Waals surface area contributed by atoms with E-state index in [1.165, 1.54) is 18.5 Å². The number of anilines is 1. The molecule has 0 unspecified atom stereocenters. The van der Waals surface area contributed by atoms with Gasteiger partial charge in [-0.25, -0.2) is 14.4 Å². The fraction of sp³-hybridized carbons (Fsp3) is 0.154. The van der Waals surface area contributed by atoms with Crippen LogP contribution in [0.5, 0.6) is 5.75 Å². The first-order valence-corrected chi connectivity index (χ1v) is 5.57. The number of aliphatic imine (C=N–C) groups is 1. The maximum Gasteiger partial charge on any atom is 0.136 e. The Morgan fingerprint density at radius 2 is 2.05 bits per heavy atom. The summed E-state index contributed by atoms with van der Waals surface area (Å²) >= 11 is 0. The minimum atomic E-state index is -0.552. The van der Waals surface area contributed by atoms with E-state index in [0.29, 0.717) is 22.5 Å². The second-order valence-electron chi connectivity index (χ2n) is 3.99. The van der Waals surface area contributed by atoms with E-state index in [2.05, 4.69) is 15.0 Å². The lowest BCUT2D eigenvalue weighted by Crippen LogP contribution is -2.12. The third-order valence-electron chi connectivity index (χ3n) is 2.68. The number of aryl methyl sites for hydroxylation is 1. The summed E-state index contributed by atoms with van der Waals surface area (Å²) in [6.07, 6.45) is 1.35. The van der Waals surface area contributed by atoms with Gasteiger partial charge in [0.15, 0.2) is 0 Å². The van der Waals surface area contributed by atoms with Crippen LogP contribution in [-0.2, 0) is 0 Å². The predicted octanol–water partition coefficient (Wildman–Crippen LogP) is 1.68. The molecule has 0 aliphatic heterocycles. The van der Waals surface area contributed by atoms with E-state index >= 15 is 0 Å². The number of nitrogen functional groups attached to an aromatic ring is 1. The summed E-state index contributed by atoms with van der Waals surface area (Å²) in [6, 6.07) is 3.71. The van der Waals surface area contributed by atoms with Crippen LogP contribution in [0.15, 0.2) is 29.5 Å².